The van der Waals surface area contributed by atoms with Gasteiger partial charge in [0.25, 0.3) is 0 Å². The SMILES string of the molecule is N#Cc1ccccc1-c1cccc(-c2cccc(-c3nc(-c4ccccc4)nc(-c4ccccc4)n3)c2)c1-c1cccc(-c2nc(-c3ccccc3)nc(-c3ccccc3)n2)c1. The summed E-state index contributed by atoms with van der Waals surface area (Å²) in [5.41, 5.74) is 11.4. The first-order valence-electron chi connectivity index (χ1n) is 20.3. The number of benzene rings is 8. The fourth-order valence-corrected chi connectivity index (χ4v) is 7.66. The third-order valence-corrected chi connectivity index (χ3v) is 10.6. The molecule has 0 aliphatic carbocycles. The molecule has 0 spiro atoms. The molecule has 7 nitrogen and oxygen atoms in total. The number of aromatic nitrogens is 6. The quantitative estimate of drug-likeness (QED) is 0.143. The van der Waals surface area contributed by atoms with Gasteiger partial charge in [-0.15, -0.1) is 0 Å². The van der Waals surface area contributed by atoms with Gasteiger partial charge in [-0.1, -0.05) is 194 Å². The molecule has 0 amide bonds. The minimum absolute atomic E-state index is 0.552. The molecular formula is C55H35N7. The second-order valence-electron chi connectivity index (χ2n) is 14.6. The largest absolute Gasteiger partial charge is 0.208 e. The molecule has 0 fully saturated rings. The summed E-state index contributed by atoms with van der Waals surface area (Å²) in [5.74, 6) is 3.48. The van der Waals surface area contributed by atoms with Crippen molar-refractivity contribution in [2.24, 2.45) is 0 Å². The van der Waals surface area contributed by atoms with Gasteiger partial charge >= 0.3 is 0 Å². The summed E-state index contributed by atoms with van der Waals surface area (Å²) in [5, 5.41) is 10.3. The Morgan fingerprint density at radius 3 is 1.02 bits per heavy atom. The van der Waals surface area contributed by atoms with Crippen molar-refractivity contribution in [3.63, 3.8) is 0 Å². The zero-order chi connectivity index (χ0) is 41.7. The Morgan fingerprint density at radius 1 is 0.258 bits per heavy atom. The summed E-state index contributed by atoms with van der Waals surface area (Å²) in [6, 6.07) is 72.9. The molecule has 7 heteroatoms. The third kappa shape index (κ3) is 7.63. The summed E-state index contributed by atoms with van der Waals surface area (Å²) in [7, 11) is 0. The number of nitrogens with zero attached hydrogens (tertiary/aromatic N) is 7. The number of hydrogen-bond donors (Lipinski definition) is 0. The van der Waals surface area contributed by atoms with Crippen LogP contribution in [-0.2, 0) is 0 Å². The Balaban J connectivity index is 1.15. The van der Waals surface area contributed by atoms with Gasteiger partial charge in [0.1, 0.15) is 0 Å². The molecule has 0 N–H and O–H groups in total. The summed E-state index contributed by atoms with van der Waals surface area (Å²) in [4.78, 5) is 30.0. The zero-order valence-electron chi connectivity index (χ0n) is 33.3. The zero-order valence-corrected chi connectivity index (χ0v) is 33.3. The fourth-order valence-electron chi connectivity index (χ4n) is 7.66. The first kappa shape index (κ1) is 37.5. The van der Waals surface area contributed by atoms with Crippen molar-refractivity contribution < 1.29 is 0 Å². The van der Waals surface area contributed by atoms with E-state index in [9.17, 15) is 5.26 Å². The molecule has 10 aromatic rings. The lowest BCUT2D eigenvalue weighted by molar-refractivity contribution is 1.07. The molecule has 0 bridgehead atoms. The van der Waals surface area contributed by atoms with Gasteiger partial charge in [-0.25, -0.2) is 29.9 Å². The van der Waals surface area contributed by atoms with E-state index in [1.54, 1.807) is 0 Å². The minimum Gasteiger partial charge on any atom is -0.208 e. The van der Waals surface area contributed by atoms with E-state index in [4.69, 9.17) is 29.9 Å². The van der Waals surface area contributed by atoms with Gasteiger partial charge in [0, 0.05) is 38.9 Å². The lowest BCUT2D eigenvalue weighted by Crippen LogP contribution is -2.00. The van der Waals surface area contributed by atoms with Crippen molar-refractivity contribution in [3.05, 3.63) is 218 Å². The monoisotopic (exact) mass is 793 g/mol. The highest BCUT2D eigenvalue weighted by molar-refractivity contribution is 5.97. The molecule has 62 heavy (non-hydrogen) atoms. The van der Waals surface area contributed by atoms with Crippen LogP contribution < -0.4 is 0 Å². The van der Waals surface area contributed by atoms with E-state index in [0.29, 0.717) is 40.5 Å². The Labute approximate surface area is 359 Å². The third-order valence-electron chi connectivity index (χ3n) is 10.6. The molecule has 8 aromatic carbocycles. The smallest absolute Gasteiger partial charge is 0.164 e. The molecule has 0 aliphatic rings. The predicted octanol–water partition coefficient (Wildman–Crippen LogP) is 12.9. The van der Waals surface area contributed by atoms with Gasteiger partial charge in [0.05, 0.1) is 11.6 Å². The van der Waals surface area contributed by atoms with Crippen molar-refractivity contribution in [1.82, 2.24) is 29.9 Å². The number of rotatable bonds is 9. The standard InChI is InChI=1S/C55H35N7/c56-36-45-26-13-14-31-46(45)48-33-17-32-47(41-27-15-29-43(34-41)54-59-50(37-18-5-1-6-19-37)57-51(60-54)38-20-7-2-8-21-38)49(48)42-28-16-30-44(35-42)55-61-52(39-22-9-3-10-23-39)58-53(62-55)40-24-11-4-12-25-40/h1-35H. The number of nitriles is 1. The molecule has 0 aliphatic heterocycles. The van der Waals surface area contributed by atoms with E-state index in [2.05, 4.69) is 42.5 Å². The minimum atomic E-state index is 0.552. The second-order valence-corrected chi connectivity index (χ2v) is 14.6. The summed E-state index contributed by atoms with van der Waals surface area (Å²) >= 11 is 0. The first-order chi connectivity index (χ1) is 30.7. The van der Waals surface area contributed by atoms with Crippen LogP contribution >= 0.6 is 0 Å². The summed E-state index contributed by atoms with van der Waals surface area (Å²) in [6.45, 7) is 0. The predicted molar refractivity (Wildman–Crippen MR) is 247 cm³/mol. The topological polar surface area (TPSA) is 101 Å². The van der Waals surface area contributed by atoms with Crippen molar-refractivity contribution in [1.29, 1.82) is 5.26 Å². The molecule has 0 unspecified atom stereocenters. The fraction of sp³-hybridized carbons (Fsp3) is 0. The van der Waals surface area contributed by atoms with E-state index in [1.807, 2.05) is 176 Å². The van der Waals surface area contributed by atoms with Crippen LogP contribution in [0.2, 0.25) is 0 Å². The van der Waals surface area contributed by atoms with Crippen molar-refractivity contribution in [2.45, 2.75) is 0 Å². The van der Waals surface area contributed by atoms with Gasteiger partial charge in [0.2, 0.25) is 0 Å². The molecule has 10 rings (SSSR count). The Hall–Kier alpha value is -8.73. The van der Waals surface area contributed by atoms with Gasteiger partial charge in [-0.05, 0) is 46.0 Å². The lowest BCUT2D eigenvalue weighted by Gasteiger charge is -2.18. The molecular weight excluding hydrogens is 759 g/mol. The van der Waals surface area contributed by atoms with Gasteiger partial charge < -0.3 is 0 Å². The van der Waals surface area contributed by atoms with Crippen LogP contribution in [0.25, 0.3) is 102 Å². The molecule has 2 aromatic heterocycles. The van der Waals surface area contributed by atoms with Crippen LogP contribution in [0.5, 0.6) is 0 Å². The molecule has 0 saturated heterocycles. The Morgan fingerprint density at radius 2 is 0.565 bits per heavy atom. The van der Waals surface area contributed by atoms with E-state index in [0.717, 1.165) is 66.8 Å². The Kier molecular flexibility index (Phi) is 10.2. The summed E-state index contributed by atoms with van der Waals surface area (Å²) < 4.78 is 0. The van der Waals surface area contributed by atoms with Crippen LogP contribution in [0.4, 0.5) is 0 Å². The first-order valence-corrected chi connectivity index (χ1v) is 20.3. The van der Waals surface area contributed by atoms with Crippen molar-refractivity contribution in [3.8, 4) is 108 Å². The maximum atomic E-state index is 10.3. The molecule has 0 atom stereocenters. The lowest BCUT2D eigenvalue weighted by atomic mass is 9.85. The van der Waals surface area contributed by atoms with Gasteiger partial charge in [-0.3, -0.25) is 0 Å². The average Bonchev–Trinajstić information content (AvgIpc) is 3.37. The molecule has 0 saturated carbocycles. The highest BCUT2D eigenvalue weighted by atomic mass is 15.0. The van der Waals surface area contributed by atoms with E-state index < -0.39 is 0 Å². The van der Waals surface area contributed by atoms with E-state index in [-0.39, 0.29) is 0 Å². The van der Waals surface area contributed by atoms with E-state index in [1.165, 1.54) is 0 Å². The van der Waals surface area contributed by atoms with Crippen LogP contribution in [0, 0.1) is 11.3 Å². The van der Waals surface area contributed by atoms with Crippen LogP contribution in [-0.4, -0.2) is 29.9 Å². The normalized spacial score (nSPS) is 10.9. The Bertz CT molecular complexity index is 3120. The molecule has 0 radical (unpaired) electrons. The van der Waals surface area contributed by atoms with Crippen LogP contribution in [0.1, 0.15) is 5.56 Å². The average molecular weight is 794 g/mol. The highest BCUT2D eigenvalue weighted by Gasteiger charge is 2.20. The van der Waals surface area contributed by atoms with Gasteiger partial charge in [0.15, 0.2) is 34.9 Å². The van der Waals surface area contributed by atoms with E-state index >= 15 is 0 Å². The van der Waals surface area contributed by atoms with Gasteiger partial charge in [-0.2, -0.15) is 5.26 Å². The maximum Gasteiger partial charge on any atom is 0.164 e. The maximum absolute atomic E-state index is 10.3. The van der Waals surface area contributed by atoms with Crippen molar-refractivity contribution in [2.75, 3.05) is 0 Å². The summed E-state index contributed by atoms with van der Waals surface area (Å²) in [6.07, 6.45) is 0. The van der Waals surface area contributed by atoms with Crippen molar-refractivity contribution >= 4 is 0 Å². The number of hydrogen-bond acceptors (Lipinski definition) is 7. The second kappa shape index (κ2) is 16.9. The highest BCUT2D eigenvalue weighted by Crippen LogP contribution is 2.43. The molecule has 2 heterocycles. The van der Waals surface area contributed by atoms with Crippen LogP contribution in [0.3, 0.4) is 0 Å². The van der Waals surface area contributed by atoms with Crippen LogP contribution in [0.15, 0.2) is 212 Å². The molecule has 290 valence electrons.